The van der Waals surface area contributed by atoms with E-state index >= 15 is 0 Å². The summed E-state index contributed by atoms with van der Waals surface area (Å²) in [6.45, 7) is 4.11. The van der Waals surface area contributed by atoms with Gasteiger partial charge in [0.2, 0.25) is 5.76 Å². The Morgan fingerprint density at radius 1 is 1.35 bits per heavy atom. The summed E-state index contributed by atoms with van der Waals surface area (Å²) in [6, 6.07) is 7.85. The molecule has 2 aromatic heterocycles. The molecule has 0 bridgehead atoms. The first-order chi connectivity index (χ1) is 11.2. The number of amides is 1. The minimum absolute atomic E-state index is 0.255. The molecule has 1 N–H and O–H groups in total. The molecule has 0 radical (unpaired) electrons. The molecule has 0 spiro atoms. The number of rotatable bonds is 5. The first-order valence-corrected chi connectivity index (χ1v) is 7.49. The topological polar surface area (TPSA) is 73.0 Å². The van der Waals surface area contributed by atoms with Crippen molar-refractivity contribution in [2.24, 2.45) is 0 Å². The fraction of sp³-hybridized carbons (Fsp3) is 0.235. The van der Waals surface area contributed by atoms with E-state index in [4.69, 9.17) is 4.42 Å². The number of hydrogen-bond acceptors (Lipinski definition) is 4. The predicted molar refractivity (Wildman–Crippen MR) is 85.4 cm³/mol. The lowest BCUT2D eigenvalue weighted by atomic mass is 10.1. The standard InChI is InChI=1S/C17H18N4O2/c1-3-15-20-12(2)16(23-15)17(22)19-10-13-6-4-5-7-14(13)21-9-8-18-11-21/h4-9,11H,3,10H2,1-2H3,(H,19,22). The Balaban J connectivity index is 1.76. The number of nitrogens with one attached hydrogen (secondary N) is 1. The molecular weight excluding hydrogens is 292 g/mol. The summed E-state index contributed by atoms with van der Waals surface area (Å²) in [5.41, 5.74) is 2.59. The van der Waals surface area contributed by atoms with Gasteiger partial charge in [-0.2, -0.15) is 0 Å². The molecule has 2 heterocycles. The molecule has 118 valence electrons. The second-order valence-corrected chi connectivity index (χ2v) is 5.16. The van der Waals surface area contributed by atoms with Gasteiger partial charge < -0.3 is 14.3 Å². The maximum atomic E-state index is 12.3. The van der Waals surface area contributed by atoms with Crippen LogP contribution in [-0.4, -0.2) is 20.4 Å². The Hall–Kier alpha value is -2.89. The van der Waals surface area contributed by atoms with Crippen molar-refractivity contribution in [3.05, 3.63) is 65.9 Å². The highest BCUT2D eigenvalue weighted by Crippen LogP contribution is 2.15. The van der Waals surface area contributed by atoms with Crippen molar-refractivity contribution in [1.29, 1.82) is 0 Å². The average Bonchev–Trinajstić information content (AvgIpc) is 3.22. The Labute approximate surface area is 134 Å². The van der Waals surface area contributed by atoms with Crippen molar-refractivity contribution < 1.29 is 9.21 Å². The third kappa shape index (κ3) is 3.15. The van der Waals surface area contributed by atoms with E-state index in [1.165, 1.54) is 0 Å². The van der Waals surface area contributed by atoms with Gasteiger partial charge >= 0.3 is 0 Å². The zero-order valence-corrected chi connectivity index (χ0v) is 13.1. The van der Waals surface area contributed by atoms with Gasteiger partial charge in [-0.15, -0.1) is 0 Å². The molecular formula is C17H18N4O2. The lowest BCUT2D eigenvalue weighted by Gasteiger charge is -2.10. The minimum atomic E-state index is -0.255. The Morgan fingerprint density at radius 2 is 2.17 bits per heavy atom. The molecule has 6 nitrogen and oxygen atoms in total. The molecule has 0 aliphatic rings. The molecule has 0 aliphatic carbocycles. The van der Waals surface area contributed by atoms with Gasteiger partial charge in [0.25, 0.3) is 5.91 Å². The third-order valence-corrected chi connectivity index (χ3v) is 3.56. The molecule has 3 rings (SSSR count). The van der Waals surface area contributed by atoms with Crippen molar-refractivity contribution in [3.8, 4) is 5.69 Å². The summed E-state index contributed by atoms with van der Waals surface area (Å²) < 4.78 is 7.39. The van der Waals surface area contributed by atoms with Crippen LogP contribution in [0.15, 0.2) is 47.4 Å². The monoisotopic (exact) mass is 310 g/mol. The normalized spacial score (nSPS) is 10.7. The largest absolute Gasteiger partial charge is 0.435 e. The predicted octanol–water partition coefficient (Wildman–Crippen LogP) is 2.66. The van der Waals surface area contributed by atoms with Crippen LogP contribution in [0.3, 0.4) is 0 Å². The maximum Gasteiger partial charge on any atom is 0.289 e. The average molecular weight is 310 g/mol. The van der Waals surface area contributed by atoms with Gasteiger partial charge in [-0.3, -0.25) is 4.79 Å². The van der Waals surface area contributed by atoms with E-state index in [0.29, 0.717) is 24.6 Å². The number of hydrogen-bond donors (Lipinski definition) is 1. The number of oxazole rings is 1. The van der Waals surface area contributed by atoms with E-state index in [9.17, 15) is 4.79 Å². The molecule has 0 atom stereocenters. The number of nitrogens with zero attached hydrogens (tertiary/aromatic N) is 3. The lowest BCUT2D eigenvalue weighted by Crippen LogP contribution is -2.23. The molecule has 1 aromatic carbocycles. The summed E-state index contributed by atoms with van der Waals surface area (Å²) >= 11 is 0. The number of imidazole rings is 1. The number of aryl methyl sites for hydroxylation is 2. The quantitative estimate of drug-likeness (QED) is 0.786. The van der Waals surface area contributed by atoms with Crippen molar-refractivity contribution in [3.63, 3.8) is 0 Å². The highest BCUT2D eigenvalue weighted by molar-refractivity contribution is 5.92. The van der Waals surface area contributed by atoms with Gasteiger partial charge in [-0.25, -0.2) is 9.97 Å². The summed E-state index contributed by atoms with van der Waals surface area (Å²) in [5, 5.41) is 2.89. The van der Waals surface area contributed by atoms with Gasteiger partial charge in [0.15, 0.2) is 5.89 Å². The Morgan fingerprint density at radius 3 is 2.87 bits per heavy atom. The van der Waals surface area contributed by atoms with Gasteiger partial charge in [0.05, 0.1) is 17.7 Å². The van der Waals surface area contributed by atoms with Crippen LogP contribution in [0.1, 0.15) is 34.6 Å². The molecule has 1 amide bonds. The van der Waals surface area contributed by atoms with E-state index in [-0.39, 0.29) is 11.7 Å². The molecule has 0 fully saturated rings. The maximum absolute atomic E-state index is 12.3. The zero-order chi connectivity index (χ0) is 16.2. The summed E-state index contributed by atoms with van der Waals surface area (Å²) in [4.78, 5) is 20.6. The van der Waals surface area contributed by atoms with Gasteiger partial charge in [-0.1, -0.05) is 25.1 Å². The Bertz CT molecular complexity index is 806. The van der Waals surface area contributed by atoms with Gasteiger partial charge in [0.1, 0.15) is 0 Å². The second kappa shape index (κ2) is 6.48. The first kappa shape index (κ1) is 15.0. The van der Waals surface area contributed by atoms with Crippen LogP contribution in [0.2, 0.25) is 0 Å². The van der Waals surface area contributed by atoms with Crippen LogP contribution in [-0.2, 0) is 13.0 Å². The summed E-state index contributed by atoms with van der Waals surface area (Å²) in [7, 11) is 0. The summed E-state index contributed by atoms with van der Waals surface area (Å²) in [5.74, 6) is 0.601. The number of carbonyl (C=O) groups excluding carboxylic acids is 1. The van der Waals surface area contributed by atoms with Crippen LogP contribution >= 0.6 is 0 Å². The molecule has 0 aliphatic heterocycles. The van der Waals surface area contributed by atoms with Crippen molar-refractivity contribution in [1.82, 2.24) is 19.9 Å². The molecule has 0 unspecified atom stereocenters. The van der Waals surface area contributed by atoms with Crippen LogP contribution in [0.25, 0.3) is 5.69 Å². The van der Waals surface area contributed by atoms with Gasteiger partial charge in [-0.05, 0) is 18.6 Å². The zero-order valence-electron chi connectivity index (χ0n) is 13.1. The SMILES string of the molecule is CCc1nc(C)c(C(=O)NCc2ccccc2-n2ccnc2)o1. The molecule has 6 heteroatoms. The van der Waals surface area contributed by atoms with Crippen molar-refractivity contribution in [2.75, 3.05) is 0 Å². The van der Waals surface area contributed by atoms with Crippen LogP contribution in [0, 0.1) is 6.92 Å². The minimum Gasteiger partial charge on any atom is -0.435 e. The van der Waals surface area contributed by atoms with E-state index < -0.39 is 0 Å². The van der Waals surface area contributed by atoms with E-state index in [2.05, 4.69) is 15.3 Å². The number of aromatic nitrogens is 3. The van der Waals surface area contributed by atoms with E-state index in [1.807, 2.05) is 42.0 Å². The van der Waals surface area contributed by atoms with E-state index in [0.717, 1.165) is 11.3 Å². The van der Waals surface area contributed by atoms with Crippen molar-refractivity contribution >= 4 is 5.91 Å². The molecule has 3 aromatic rings. The van der Waals surface area contributed by atoms with Gasteiger partial charge in [0, 0.05) is 25.4 Å². The second-order valence-electron chi connectivity index (χ2n) is 5.16. The van der Waals surface area contributed by atoms with Crippen LogP contribution < -0.4 is 5.32 Å². The summed E-state index contributed by atoms with van der Waals surface area (Å²) in [6.07, 6.45) is 5.99. The molecule has 0 saturated carbocycles. The molecule has 0 saturated heterocycles. The van der Waals surface area contributed by atoms with Crippen LogP contribution in [0.4, 0.5) is 0 Å². The highest BCUT2D eigenvalue weighted by Gasteiger charge is 2.16. The smallest absolute Gasteiger partial charge is 0.289 e. The molecule has 23 heavy (non-hydrogen) atoms. The number of benzene rings is 1. The third-order valence-electron chi connectivity index (χ3n) is 3.56. The Kier molecular flexibility index (Phi) is 4.23. The van der Waals surface area contributed by atoms with Crippen molar-refractivity contribution in [2.45, 2.75) is 26.8 Å². The first-order valence-electron chi connectivity index (χ1n) is 7.49. The lowest BCUT2D eigenvalue weighted by molar-refractivity contribution is 0.0920. The van der Waals surface area contributed by atoms with E-state index in [1.54, 1.807) is 19.4 Å². The number of carbonyl (C=O) groups is 1. The fourth-order valence-electron chi connectivity index (χ4n) is 2.38. The highest BCUT2D eigenvalue weighted by atomic mass is 16.4. The number of para-hydroxylation sites is 1. The fourth-order valence-corrected chi connectivity index (χ4v) is 2.38. The van der Waals surface area contributed by atoms with Crippen LogP contribution in [0.5, 0.6) is 0 Å².